The van der Waals surface area contributed by atoms with Crippen LogP contribution in [0.3, 0.4) is 0 Å². The summed E-state index contributed by atoms with van der Waals surface area (Å²) < 4.78 is 0. The summed E-state index contributed by atoms with van der Waals surface area (Å²) in [6.07, 6.45) is 0. The molecule has 3 nitrogen and oxygen atoms in total. The van der Waals surface area contributed by atoms with Crippen molar-refractivity contribution in [3.63, 3.8) is 0 Å². The molecule has 2 rings (SSSR count). The smallest absolute Gasteiger partial charge is 0.229 e. The maximum Gasteiger partial charge on any atom is 0.229 e. The Hall–Kier alpha value is -1.06. The van der Waals surface area contributed by atoms with Crippen molar-refractivity contribution in [2.75, 3.05) is 18.4 Å². The molecule has 1 amide bonds. The number of carbonyl (C=O) groups is 1. The van der Waals surface area contributed by atoms with E-state index in [2.05, 4.69) is 17.6 Å². The number of rotatable bonds is 2. The Balaban J connectivity index is 2.05. The largest absolute Gasteiger partial charge is 0.324 e. The summed E-state index contributed by atoms with van der Waals surface area (Å²) in [5, 5.41) is 6.66. The number of para-hydroxylation sites is 1. The maximum atomic E-state index is 12.0. The van der Waals surface area contributed by atoms with Crippen LogP contribution in [0.5, 0.6) is 0 Å². The first-order chi connectivity index (χ1) is 7.68. The van der Waals surface area contributed by atoms with Crippen LogP contribution in [0.4, 0.5) is 5.69 Å². The van der Waals surface area contributed by atoms with E-state index in [0.717, 1.165) is 13.1 Å². The monoisotopic (exact) mass is 238 g/mol. The summed E-state index contributed by atoms with van der Waals surface area (Å²) in [6, 6.07) is 7.29. The first-order valence-electron chi connectivity index (χ1n) is 5.44. The molecule has 2 N–H and O–H groups in total. The molecule has 1 aromatic carbocycles. The second-order valence-electron chi connectivity index (χ2n) is 4.21. The molecule has 1 saturated heterocycles. The van der Waals surface area contributed by atoms with Gasteiger partial charge in [0.05, 0.1) is 16.6 Å². The van der Waals surface area contributed by atoms with Crippen LogP contribution in [-0.2, 0) is 4.79 Å². The Kier molecular flexibility index (Phi) is 3.46. The molecule has 0 aliphatic carbocycles. The Morgan fingerprint density at radius 3 is 2.81 bits per heavy atom. The van der Waals surface area contributed by atoms with Gasteiger partial charge in [0.2, 0.25) is 5.91 Å². The SMILES string of the molecule is C[C@@H]1CNC[C@H]1C(=O)Nc1ccccc1Cl. The Bertz CT molecular complexity index is 394. The number of hydrogen-bond acceptors (Lipinski definition) is 2. The summed E-state index contributed by atoms with van der Waals surface area (Å²) in [5.41, 5.74) is 0.688. The minimum Gasteiger partial charge on any atom is -0.324 e. The lowest BCUT2D eigenvalue weighted by Crippen LogP contribution is -2.27. The van der Waals surface area contributed by atoms with E-state index in [9.17, 15) is 4.79 Å². The molecule has 0 bridgehead atoms. The number of benzene rings is 1. The third-order valence-electron chi connectivity index (χ3n) is 2.99. The lowest BCUT2D eigenvalue weighted by atomic mass is 9.97. The van der Waals surface area contributed by atoms with Crippen LogP contribution < -0.4 is 10.6 Å². The van der Waals surface area contributed by atoms with Crippen LogP contribution >= 0.6 is 11.6 Å². The second kappa shape index (κ2) is 4.85. The number of nitrogens with one attached hydrogen (secondary N) is 2. The second-order valence-corrected chi connectivity index (χ2v) is 4.62. The Morgan fingerprint density at radius 2 is 2.19 bits per heavy atom. The molecule has 0 aromatic heterocycles. The van der Waals surface area contributed by atoms with Gasteiger partial charge in [-0.25, -0.2) is 0 Å². The van der Waals surface area contributed by atoms with E-state index in [1.807, 2.05) is 18.2 Å². The number of halogens is 1. The van der Waals surface area contributed by atoms with Gasteiger partial charge in [0.25, 0.3) is 0 Å². The highest BCUT2D eigenvalue weighted by Crippen LogP contribution is 2.23. The molecular formula is C12H15ClN2O. The van der Waals surface area contributed by atoms with Crippen molar-refractivity contribution in [3.8, 4) is 0 Å². The number of hydrogen-bond donors (Lipinski definition) is 2. The Labute approximate surface area is 100 Å². The van der Waals surface area contributed by atoms with Crippen molar-refractivity contribution >= 4 is 23.2 Å². The third kappa shape index (κ3) is 2.36. The zero-order valence-corrected chi connectivity index (χ0v) is 9.92. The highest BCUT2D eigenvalue weighted by Gasteiger charge is 2.29. The molecule has 0 spiro atoms. The molecule has 1 aromatic rings. The van der Waals surface area contributed by atoms with Gasteiger partial charge in [0.1, 0.15) is 0 Å². The van der Waals surface area contributed by atoms with Crippen molar-refractivity contribution in [1.82, 2.24) is 5.32 Å². The van der Waals surface area contributed by atoms with Gasteiger partial charge in [-0.3, -0.25) is 4.79 Å². The maximum absolute atomic E-state index is 12.0. The fraction of sp³-hybridized carbons (Fsp3) is 0.417. The van der Waals surface area contributed by atoms with Crippen LogP contribution in [0.2, 0.25) is 5.02 Å². The highest BCUT2D eigenvalue weighted by molar-refractivity contribution is 6.33. The normalized spacial score (nSPS) is 24.4. The molecule has 4 heteroatoms. The fourth-order valence-corrected chi connectivity index (χ4v) is 2.13. The summed E-state index contributed by atoms with van der Waals surface area (Å²) in [7, 11) is 0. The molecule has 16 heavy (non-hydrogen) atoms. The predicted molar refractivity (Wildman–Crippen MR) is 65.6 cm³/mol. The van der Waals surface area contributed by atoms with E-state index in [-0.39, 0.29) is 11.8 Å². The third-order valence-corrected chi connectivity index (χ3v) is 3.32. The predicted octanol–water partition coefficient (Wildman–Crippen LogP) is 2.13. The quantitative estimate of drug-likeness (QED) is 0.829. The minimum absolute atomic E-state index is 0.0382. The summed E-state index contributed by atoms with van der Waals surface area (Å²) >= 11 is 5.98. The van der Waals surface area contributed by atoms with E-state index in [4.69, 9.17) is 11.6 Å². The van der Waals surface area contributed by atoms with E-state index < -0.39 is 0 Å². The molecule has 2 atom stereocenters. The van der Waals surface area contributed by atoms with Gasteiger partial charge in [-0.1, -0.05) is 30.7 Å². The van der Waals surface area contributed by atoms with Crippen molar-refractivity contribution in [1.29, 1.82) is 0 Å². The number of carbonyl (C=O) groups excluding carboxylic acids is 1. The van der Waals surface area contributed by atoms with Gasteiger partial charge in [0, 0.05) is 6.54 Å². The van der Waals surface area contributed by atoms with Gasteiger partial charge in [0.15, 0.2) is 0 Å². The van der Waals surface area contributed by atoms with E-state index in [1.54, 1.807) is 6.07 Å². The topological polar surface area (TPSA) is 41.1 Å². The van der Waals surface area contributed by atoms with Crippen molar-refractivity contribution in [2.24, 2.45) is 11.8 Å². The zero-order valence-electron chi connectivity index (χ0n) is 9.16. The average molecular weight is 239 g/mol. The van der Waals surface area contributed by atoms with E-state index >= 15 is 0 Å². The number of anilines is 1. The lowest BCUT2D eigenvalue weighted by molar-refractivity contribution is -0.120. The molecule has 0 saturated carbocycles. The molecule has 86 valence electrons. The molecule has 1 heterocycles. The lowest BCUT2D eigenvalue weighted by Gasteiger charge is -2.14. The van der Waals surface area contributed by atoms with Crippen LogP contribution in [0.25, 0.3) is 0 Å². The van der Waals surface area contributed by atoms with Gasteiger partial charge >= 0.3 is 0 Å². The molecule has 1 aliphatic rings. The van der Waals surface area contributed by atoms with Crippen LogP contribution in [0.15, 0.2) is 24.3 Å². The first kappa shape index (κ1) is 11.4. The summed E-state index contributed by atoms with van der Waals surface area (Å²) in [5.74, 6) is 0.462. The average Bonchev–Trinajstić information content (AvgIpc) is 2.68. The first-order valence-corrected chi connectivity index (χ1v) is 5.82. The zero-order chi connectivity index (χ0) is 11.5. The van der Waals surface area contributed by atoms with E-state index in [1.165, 1.54) is 0 Å². The summed E-state index contributed by atoms with van der Waals surface area (Å²) in [6.45, 7) is 3.73. The highest BCUT2D eigenvalue weighted by atomic mass is 35.5. The minimum atomic E-state index is 0.0382. The van der Waals surface area contributed by atoms with Crippen molar-refractivity contribution in [3.05, 3.63) is 29.3 Å². The molecule has 1 aliphatic heterocycles. The molecule has 0 unspecified atom stereocenters. The van der Waals surface area contributed by atoms with Crippen LogP contribution in [-0.4, -0.2) is 19.0 Å². The fourth-order valence-electron chi connectivity index (χ4n) is 1.95. The van der Waals surface area contributed by atoms with Gasteiger partial charge in [-0.05, 0) is 24.6 Å². The number of amides is 1. The standard InChI is InChI=1S/C12H15ClN2O/c1-8-6-14-7-9(8)12(16)15-11-5-3-2-4-10(11)13/h2-5,8-9,14H,6-7H2,1H3,(H,15,16)/t8-,9-/m1/s1. The van der Waals surface area contributed by atoms with Gasteiger partial charge in [-0.15, -0.1) is 0 Å². The molecule has 1 fully saturated rings. The van der Waals surface area contributed by atoms with Crippen molar-refractivity contribution < 1.29 is 4.79 Å². The van der Waals surface area contributed by atoms with Crippen LogP contribution in [0, 0.1) is 11.8 Å². The van der Waals surface area contributed by atoms with Gasteiger partial charge < -0.3 is 10.6 Å². The van der Waals surface area contributed by atoms with Crippen molar-refractivity contribution in [2.45, 2.75) is 6.92 Å². The Morgan fingerprint density at radius 1 is 1.44 bits per heavy atom. The molecule has 0 radical (unpaired) electrons. The van der Waals surface area contributed by atoms with E-state index in [0.29, 0.717) is 16.6 Å². The van der Waals surface area contributed by atoms with Crippen LogP contribution in [0.1, 0.15) is 6.92 Å². The van der Waals surface area contributed by atoms with Gasteiger partial charge in [-0.2, -0.15) is 0 Å². The molecular weight excluding hydrogens is 224 g/mol. The summed E-state index contributed by atoms with van der Waals surface area (Å²) in [4.78, 5) is 12.0.